The van der Waals surface area contributed by atoms with E-state index in [1.807, 2.05) is 16.8 Å². The van der Waals surface area contributed by atoms with Gasteiger partial charge in [-0.2, -0.15) is 10.1 Å². The van der Waals surface area contributed by atoms with Gasteiger partial charge in [-0.15, -0.1) is 0 Å². The molecule has 0 amide bonds. The standard InChI is InChI=1S/C16H19FN4/c1-10-5-6-12(9-13(10)17)14-7-8-18-16-19-15(20-21(14)16)11-3-2-4-11/h5-6,9,11,14H,2-4,7-8H2,1H3,(H,18,19,20). The molecule has 4 rings (SSSR count). The van der Waals surface area contributed by atoms with Crippen LogP contribution in [-0.2, 0) is 0 Å². The third kappa shape index (κ3) is 2.11. The summed E-state index contributed by atoms with van der Waals surface area (Å²) >= 11 is 0. The number of aryl methyl sites for hydroxylation is 1. The van der Waals surface area contributed by atoms with E-state index in [9.17, 15) is 4.39 Å². The molecule has 1 N–H and O–H groups in total. The largest absolute Gasteiger partial charge is 0.354 e. The van der Waals surface area contributed by atoms with E-state index in [1.54, 1.807) is 13.0 Å². The molecule has 1 aromatic heterocycles. The molecule has 21 heavy (non-hydrogen) atoms. The maximum absolute atomic E-state index is 13.8. The van der Waals surface area contributed by atoms with Crippen LogP contribution in [0.3, 0.4) is 0 Å². The number of nitrogens with zero attached hydrogens (tertiary/aromatic N) is 3. The number of anilines is 1. The van der Waals surface area contributed by atoms with Crippen LogP contribution in [0.25, 0.3) is 0 Å². The van der Waals surface area contributed by atoms with Crippen LogP contribution in [0, 0.1) is 12.7 Å². The first-order chi connectivity index (χ1) is 10.2. The van der Waals surface area contributed by atoms with Crippen molar-refractivity contribution in [1.82, 2.24) is 14.8 Å². The van der Waals surface area contributed by atoms with E-state index in [4.69, 9.17) is 5.10 Å². The van der Waals surface area contributed by atoms with Crippen molar-refractivity contribution in [2.45, 2.75) is 44.6 Å². The second-order valence-electron chi connectivity index (χ2n) is 6.11. The molecule has 4 nitrogen and oxygen atoms in total. The van der Waals surface area contributed by atoms with Gasteiger partial charge < -0.3 is 5.32 Å². The number of fused-ring (bicyclic) bond motifs is 1. The molecule has 0 saturated heterocycles. The number of benzene rings is 1. The zero-order valence-electron chi connectivity index (χ0n) is 12.1. The topological polar surface area (TPSA) is 42.7 Å². The molecule has 1 unspecified atom stereocenters. The summed E-state index contributed by atoms with van der Waals surface area (Å²) in [6.45, 7) is 2.64. The first-order valence-electron chi connectivity index (χ1n) is 7.69. The van der Waals surface area contributed by atoms with Gasteiger partial charge in [0.15, 0.2) is 5.82 Å². The fourth-order valence-electron chi connectivity index (χ4n) is 3.08. The van der Waals surface area contributed by atoms with Crippen LogP contribution in [-0.4, -0.2) is 21.3 Å². The Morgan fingerprint density at radius 1 is 1.29 bits per heavy atom. The predicted octanol–water partition coefficient (Wildman–Crippen LogP) is 3.40. The van der Waals surface area contributed by atoms with Crippen molar-refractivity contribution >= 4 is 5.95 Å². The molecule has 2 aliphatic rings. The molecule has 0 spiro atoms. The monoisotopic (exact) mass is 286 g/mol. The summed E-state index contributed by atoms with van der Waals surface area (Å²) in [5, 5.41) is 8.01. The van der Waals surface area contributed by atoms with Gasteiger partial charge in [0.25, 0.3) is 0 Å². The Balaban J connectivity index is 1.71. The minimum atomic E-state index is -0.146. The van der Waals surface area contributed by atoms with Crippen molar-refractivity contribution in [2.24, 2.45) is 0 Å². The summed E-state index contributed by atoms with van der Waals surface area (Å²) in [6, 6.07) is 5.57. The van der Waals surface area contributed by atoms with Crippen molar-refractivity contribution in [3.63, 3.8) is 0 Å². The van der Waals surface area contributed by atoms with Gasteiger partial charge in [-0.05, 0) is 43.4 Å². The van der Waals surface area contributed by atoms with E-state index >= 15 is 0 Å². The minimum absolute atomic E-state index is 0.0812. The Labute approximate surface area is 123 Å². The molecule has 0 bridgehead atoms. The number of rotatable bonds is 2. The van der Waals surface area contributed by atoms with Gasteiger partial charge in [0.1, 0.15) is 5.82 Å². The Morgan fingerprint density at radius 3 is 2.86 bits per heavy atom. The van der Waals surface area contributed by atoms with Crippen LogP contribution in [0.15, 0.2) is 18.2 Å². The average Bonchev–Trinajstić information content (AvgIpc) is 2.83. The molecule has 1 aromatic carbocycles. The normalized spacial score (nSPS) is 21.5. The molecule has 1 aliphatic heterocycles. The molecule has 1 aliphatic carbocycles. The molecule has 2 heterocycles. The summed E-state index contributed by atoms with van der Waals surface area (Å²) < 4.78 is 15.8. The van der Waals surface area contributed by atoms with Crippen molar-refractivity contribution in [2.75, 3.05) is 11.9 Å². The molecular formula is C16H19FN4. The first kappa shape index (κ1) is 12.8. The van der Waals surface area contributed by atoms with E-state index in [1.165, 1.54) is 19.3 Å². The molecule has 2 aromatic rings. The predicted molar refractivity (Wildman–Crippen MR) is 79.0 cm³/mol. The van der Waals surface area contributed by atoms with E-state index in [0.717, 1.165) is 30.3 Å². The molecule has 0 radical (unpaired) electrons. The minimum Gasteiger partial charge on any atom is -0.354 e. The smallest absolute Gasteiger partial charge is 0.221 e. The first-order valence-corrected chi connectivity index (χ1v) is 7.69. The number of hydrogen-bond acceptors (Lipinski definition) is 3. The van der Waals surface area contributed by atoms with Crippen LogP contribution in [0.2, 0.25) is 0 Å². The van der Waals surface area contributed by atoms with Gasteiger partial charge in [-0.25, -0.2) is 9.07 Å². The summed E-state index contributed by atoms with van der Waals surface area (Å²) in [6.07, 6.45) is 4.55. The summed E-state index contributed by atoms with van der Waals surface area (Å²) in [7, 11) is 0. The molecule has 1 atom stereocenters. The average molecular weight is 286 g/mol. The molecule has 1 saturated carbocycles. The van der Waals surface area contributed by atoms with Gasteiger partial charge in [0.05, 0.1) is 6.04 Å². The van der Waals surface area contributed by atoms with Crippen LogP contribution in [0.5, 0.6) is 0 Å². The highest BCUT2D eigenvalue weighted by Gasteiger charge is 2.29. The van der Waals surface area contributed by atoms with Gasteiger partial charge in [-0.1, -0.05) is 18.6 Å². The van der Waals surface area contributed by atoms with E-state index < -0.39 is 0 Å². The van der Waals surface area contributed by atoms with Gasteiger partial charge >= 0.3 is 0 Å². The van der Waals surface area contributed by atoms with Crippen molar-refractivity contribution in [3.05, 3.63) is 41.0 Å². The van der Waals surface area contributed by atoms with E-state index in [2.05, 4.69) is 10.3 Å². The maximum Gasteiger partial charge on any atom is 0.221 e. The molecule has 5 heteroatoms. The van der Waals surface area contributed by atoms with Crippen LogP contribution >= 0.6 is 0 Å². The Bertz CT molecular complexity index is 675. The lowest BCUT2D eigenvalue weighted by Crippen LogP contribution is -2.25. The number of nitrogens with one attached hydrogen (secondary N) is 1. The highest BCUT2D eigenvalue weighted by Crippen LogP contribution is 2.37. The number of hydrogen-bond donors (Lipinski definition) is 1. The van der Waals surface area contributed by atoms with Crippen molar-refractivity contribution in [1.29, 1.82) is 0 Å². The SMILES string of the molecule is Cc1ccc(C2CCNc3nc(C4CCC4)nn32)cc1F. The van der Waals surface area contributed by atoms with E-state index in [0.29, 0.717) is 11.5 Å². The highest BCUT2D eigenvalue weighted by atomic mass is 19.1. The Morgan fingerprint density at radius 2 is 2.14 bits per heavy atom. The van der Waals surface area contributed by atoms with Crippen LogP contribution in [0.1, 0.15) is 54.6 Å². The quantitative estimate of drug-likeness (QED) is 0.920. The maximum atomic E-state index is 13.8. The fourth-order valence-corrected chi connectivity index (χ4v) is 3.08. The lowest BCUT2D eigenvalue weighted by atomic mass is 9.85. The zero-order valence-corrected chi connectivity index (χ0v) is 12.1. The lowest BCUT2D eigenvalue weighted by Gasteiger charge is -2.25. The van der Waals surface area contributed by atoms with Gasteiger partial charge in [0, 0.05) is 12.5 Å². The highest BCUT2D eigenvalue weighted by molar-refractivity contribution is 5.34. The second kappa shape index (κ2) is 4.83. The molecular weight excluding hydrogens is 267 g/mol. The lowest BCUT2D eigenvalue weighted by molar-refractivity contribution is 0.393. The summed E-state index contributed by atoms with van der Waals surface area (Å²) in [4.78, 5) is 4.64. The number of aromatic nitrogens is 3. The Hall–Kier alpha value is -1.91. The van der Waals surface area contributed by atoms with Crippen molar-refractivity contribution < 1.29 is 4.39 Å². The third-order valence-corrected chi connectivity index (χ3v) is 4.69. The number of halogens is 1. The Kier molecular flexibility index (Phi) is 2.94. The van der Waals surface area contributed by atoms with Gasteiger partial charge in [-0.3, -0.25) is 0 Å². The van der Waals surface area contributed by atoms with Crippen molar-refractivity contribution in [3.8, 4) is 0 Å². The zero-order chi connectivity index (χ0) is 14.4. The molecule has 110 valence electrons. The van der Waals surface area contributed by atoms with Crippen LogP contribution < -0.4 is 5.32 Å². The second-order valence-corrected chi connectivity index (χ2v) is 6.11. The molecule has 1 fully saturated rings. The summed E-state index contributed by atoms with van der Waals surface area (Å²) in [5.41, 5.74) is 1.66. The van der Waals surface area contributed by atoms with Gasteiger partial charge in [0.2, 0.25) is 5.95 Å². The third-order valence-electron chi connectivity index (χ3n) is 4.69. The fraction of sp³-hybridized carbons (Fsp3) is 0.500. The van der Waals surface area contributed by atoms with E-state index in [-0.39, 0.29) is 11.9 Å². The van der Waals surface area contributed by atoms with Crippen LogP contribution in [0.4, 0.5) is 10.3 Å². The summed E-state index contributed by atoms with van der Waals surface area (Å²) in [5.74, 6) is 2.14.